The summed E-state index contributed by atoms with van der Waals surface area (Å²) in [6.45, 7) is 1.92. The van der Waals surface area contributed by atoms with E-state index in [1.165, 1.54) is 0 Å². The fourth-order valence-corrected chi connectivity index (χ4v) is 3.31. The summed E-state index contributed by atoms with van der Waals surface area (Å²) in [7, 11) is -3.61. The van der Waals surface area contributed by atoms with Crippen molar-refractivity contribution in [3.63, 3.8) is 0 Å². The van der Waals surface area contributed by atoms with E-state index in [1.807, 2.05) is 43.3 Å². The van der Waals surface area contributed by atoms with Crippen LogP contribution in [0.15, 0.2) is 83.8 Å². The smallest absolute Gasteiger partial charge is 0.261 e. The van der Waals surface area contributed by atoms with E-state index >= 15 is 0 Å². The highest BCUT2D eigenvalue weighted by Crippen LogP contribution is 2.17. The highest BCUT2D eigenvalue weighted by molar-refractivity contribution is 7.92. The molecule has 0 aliphatic heterocycles. The minimum atomic E-state index is -3.61. The molecule has 0 saturated heterocycles. The summed E-state index contributed by atoms with van der Waals surface area (Å²) in [5, 5.41) is 0. The highest BCUT2D eigenvalue weighted by atomic mass is 32.2. The Morgan fingerprint density at radius 1 is 0.760 bits per heavy atom. The Morgan fingerprint density at radius 3 is 2.12 bits per heavy atom. The quantitative estimate of drug-likeness (QED) is 0.722. The molecule has 0 bridgehead atoms. The van der Waals surface area contributed by atoms with Gasteiger partial charge in [0.1, 0.15) is 0 Å². The summed E-state index contributed by atoms with van der Waals surface area (Å²) >= 11 is 0. The Kier molecular flexibility index (Phi) is 4.87. The first kappa shape index (κ1) is 16.8. The maximum absolute atomic E-state index is 12.5. The molecular formula is C21H17NO2S. The minimum Gasteiger partial charge on any atom is -0.280 e. The van der Waals surface area contributed by atoms with Crippen LogP contribution in [-0.2, 0) is 10.0 Å². The lowest BCUT2D eigenvalue weighted by molar-refractivity contribution is 0.601. The van der Waals surface area contributed by atoms with Gasteiger partial charge in [0.15, 0.2) is 0 Å². The Balaban J connectivity index is 1.82. The summed E-state index contributed by atoms with van der Waals surface area (Å²) in [5.74, 6) is 6.11. The van der Waals surface area contributed by atoms with Gasteiger partial charge in [0.2, 0.25) is 0 Å². The molecule has 0 unspecified atom stereocenters. The van der Waals surface area contributed by atoms with Gasteiger partial charge in [0.25, 0.3) is 10.0 Å². The molecule has 3 rings (SSSR count). The summed E-state index contributed by atoms with van der Waals surface area (Å²) in [6, 6.07) is 23.4. The molecule has 4 heteroatoms. The normalized spacial score (nSPS) is 10.6. The van der Waals surface area contributed by atoms with Crippen molar-refractivity contribution in [1.82, 2.24) is 0 Å². The van der Waals surface area contributed by atoms with E-state index in [0.717, 1.165) is 16.7 Å². The van der Waals surface area contributed by atoms with Gasteiger partial charge in [0, 0.05) is 11.1 Å². The molecule has 0 radical (unpaired) electrons. The zero-order chi connectivity index (χ0) is 17.7. The van der Waals surface area contributed by atoms with Gasteiger partial charge < -0.3 is 0 Å². The molecule has 124 valence electrons. The molecule has 0 amide bonds. The molecule has 0 fully saturated rings. The molecule has 3 aromatic rings. The van der Waals surface area contributed by atoms with Crippen LogP contribution in [0.25, 0.3) is 0 Å². The summed E-state index contributed by atoms with van der Waals surface area (Å²) in [5.41, 5.74) is 3.15. The number of sulfonamides is 1. The Morgan fingerprint density at radius 2 is 1.40 bits per heavy atom. The third kappa shape index (κ3) is 4.50. The Hall–Kier alpha value is -3.03. The van der Waals surface area contributed by atoms with Crippen LogP contribution in [0.2, 0.25) is 0 Å². The average Bonchev–Trinajstić information content (AvgIpc) is 2.61. The zero-order valence-corrected chi connectivity index (χ0v) is 14.5. The first-order chi connectivity index (χ1) is 12.0. The largest absolute Gasteiger partial charge is 0.280 e. The fraction of sp³-hybridized carbons (Fsp3) is 0.0476. The predicted octanol–water partition coefficient (Wildman–Crippen LogP) is 4.20. The zero-order valence-electron chi connectivity index (χ0n) is 13.7. The van der Waals surface area contributed by atoms with E-state index < -0.39 is 10.0 Å². The lowest BCUT2D eigenvalue weighted by Crippen LogP contribution is -2.12. The van der Waals surface area contributed by atoms with Gasteiger partial charge >= 0.3 is 0 Å². The van der Waals surface area contributed by atoms with Gasteiger partial charge in [-0.1, -0.05) is 53.8 Å². The molecule has 0 heterocycles. The number of hydrogen-bond acceptors (Lipinski definition) is 2. The second kappa shape index (κ2) is 7.25. The lowest BCUT2D eigenvalue weighted by Gasteiger charge is -2.08. The summed E-state index contributed by atoms with van der Waals surface area (Å²) in [4.78, 5) is 0.235. The van der Waals surface area contributed by atoms with Crippen molar-refractivity contribution in [3.8, 4) is 11.8 Å². The lowest BCUT2D eigenvalue weighted by atomic mass is 10.2. The van der Waals surface area contributed by atoms with Crippen molar-refractivity contribution in [2.75, 3.05) is 4.72 Å². The number of nitrogens with one attached hydrogen (secondary N) is 1. The Labute approximate surface area is 148 Å². The van der Waals surface area contributed by atoms with Crippen LogP contribution in [0, 0.1) is 18.8 Å². The summed E-state index contributed by atoms with van der Waals surface area (Å²) in [6.07, 6.45) is 0. The second-order valence-corrected chi connectivity index (χ2v) is 7.30. The van der Waals surface area contributed by atoms with Crippen LogP contribution < -0.4 is 4.72 Å². The van der Waals surface area contributed by atoms with Gasteiger partial charge in [-0.3, -0.25) is 4.72 Å². The predicted molar refractivity (Wildman–Crippen MR) is 101 cm³/mol. The number of hydrogen-bond donors (Lipinski definition) is 1. The van der Waals surface area contributed by atoms with Gasteiger partial charge in [-0.25, -0.2) is 8.42 Å². The Bertz CT molecular complexity index is 1030. The van der Waals surface area contributed by atoms with Crippen molar-refractivity contribution in [3.05, 3.63) is 95.6 Å². The SMILES string of the molecule is Cc1ccc(S(=O)(=O)Nc2cccc(C#Cc3ccccc3)c2)cc1. The van der Waals surface area contributed by atoms with Crippen LogP contribution >= 0.6 is 0 Å². The van der Waals surface area contributed by atoms with Gasteiger partial charge in [-0.05, 0) is 49.4 Å². The van der Waals surface area contributed by atoms with Crippen LogP contribution in [0.5, 0.6) is 0 Å². The molecule has 1 N–H and O–H groups in total. The number of anilines is 1. The molecule has 0 aliphatic rings. The molecule has 3 nitrogen and oxygen atoms in total. The van der Waals surface area contributed by atoms with Crippen LogP contribution in [-0.4, -0.2) is 8.42 Å². The van der Waals surface area contributed by atoms with E-state index in [2.05, 4.69) is 16.6 Å². The van der Waals surface area contributed by atoms with Crippen LogP contribution in [0.4, 0.5) is 5.69 Å². The molecule has 0 saturated carbocycles. The molecule has 0 spiro atoms. The number of rotatable bonds is 3. The molecule has 3 aromatic carbocycles. The highest BCUT2D eigenvalue weighted by Gasteiger charge is 2.13. The molecule has 25 heavy (non-hydrogen) atoms. The molecule has 0 atom stereocenters. The topological polar surface area (TPSA) is 46.2 Å². The third-order valence-electron chi connectivity index (χ3n) is 3.57. The average molecular weight is 347 g/mol. The number of benzene rings is 3. The standard InChI is InChI=1S/C21H17NO2S/c1-17-10-14-21(15-11-17)25(23,24)22-20-9-5-8-19(16-20)13-12-18-6-3-2-4-7-18/h2-11,14-16,22H,1H3. The van der Waals surface area contributed by atoms with E-state index in [1.54, 1.807) is 42.5 Å². The molecular weight excluding hydrogens is 330 g/mol. The second-order valence-electron chi connectivity index (χ2n) is 5.62. The van der Waals surface area contributed by atoms with E-state index in [4.69, 9.17) is 0 Å². The molecule has 0 aliphatic carbocycles. The first-order valence-electron chi connectivity index (χ1n) is 7.79. The van der Waals surface area contributed by atoms with Crippen molar-refractivity contribution in [1.29, 1.82) is 0 Å². The van der Waals surface area contributed by atoms with Crippen molar-refractivity contribution in [2.45, 2.75) is 11.8 Å². The van der Waals surface area contributed by atoms with Gasteiger partial charge in [0.05, 0.1) is 10.6 Å². The maximum Gasteiger partial charge on any atom is 0.261 e. The maximum atomic E-state index is 12.5. The summed E-state index contributed by atoms with van der Waals surface area (Å²) < 4.78 is 27.5. The molecule has 0 aromatic heterocycles. The van der Waals surface area contributed by atoms with Crippen molar-refractivity contribution in [2.24, 2.45) is 0 Å². The van der Waals surface area contributed by atoms with Gasteiger partial charge in [-0.15, -0.1) is 0 Å². The van der Waals surface area contributed by atoms with Crippen LogP contribution in [0.3, 0.4) is 0 Å². The van der Waals surface area contributed by atoms with Crippen molar-refractivity contribution < 1.29 is 8.42 Å². The van der Waals surface area contributed by atoms with Crippen LogP contribution in [0.1, 0.15) is 16.7 Å². The van der Waals surface area contributed by atoms with E-state index in [-0.39, 0.29) is 4.90 Å². The monoisotopic (exact) mass is 347 g/mol. The minimum absolute atomic E-state index is 0.235. The number of aryl methyl sites for hydroxylation is 1. The third-order valence-corrected chi connectivity index (χ3v) is 4.97. The van der Waals surface area contributed by atoms with Gasteiger partial charge in [-0.2, -0.15) is 0 Å². The fourth-order valence-electron chi connectivity index (χ4n) is 2.26. The van der Waals surface area contributed by atoms with E-state index in [0.29, 0.717) is 5.69 Å². The first-order valence-corrected chi connectivity index (χ1v) is 9.28. The van der Waals surface area contributed by atoms with Crippen molar-refractivity contribution >= 4 is 15.7 Å². The van der Waals surface area contributed by atoms with E-state index in [9.17, 15) is 8.42 Å².